The van der Waals surface area contributed by atoms with Crippen LogP contribution in [0.3, 0.4) is 0 Å². The largest absolute Gasteiger partial charge is 0.497 e. The van der Waals surface area contributed by atoms with Crippen LogP contribution in [0.5, 0.6) is 5.75 Å². The van der Waals surface area contributed by atoms with Crippen LogP contribution >= 0.6 is 0 Å². The number of rotatable bonds is 4. The van der Waals surface area contributed by atoms with Crippen LogP contribution in [0.15, 0.2) is 24.3 Å². The molecule has 1 N–H and O–H groups in total. The quantitative estimate of drug-likeness (QED) is 0.871. The van der Waals surface area contributed by atoms with E-state index in [1.54, 1.807) is 7.11 Å². The third-order valence-electron chi connectivity index (χ3n) is 4.44. The molecule has 1 aliphatic rings. The van der Waals surface area contributed by atoms with Crippen molar-refractivity contribution in [1.29, 1.82) is 0 Å². The molecular weight excluding hydrogens is 234 g/mol. The number of nitrogens with one attached hydrogen (secondary N) is 1. The predicted molar refractivity (Wildman–Crippen MR) is 80.6 cm³/mol. The fraction of sp³-hybridized carbons (Fsp3) is 0.647. The summed E-state index contributed by atoms with van der Waals surface area (Å²) in [7, 11) is 1.71. The molecule has 0 aromatic heterocycles. The maximum atomic E-state index is 5.20. The average Bonchev–Trinajstić information content (AvgIpc) is 2.41. The second-order valence-corrected chi connectivity index (χ2v) is 6.60. The van der Waals surface area contributed by atoms with Crippen molar-refractivity contribution in [3.63, 3.8) is 0 Å². The van der Waals surface area contributed by atoms with Crippen molar-refractivity contribution in [1.82, 2.24) is 5.32 Å². The summed E-state index contributed by atoms with van der Waals surface area (Å²) in [6.07, 6.45) is 5.26. The number of benzene rings is 1. The first-order valence-electron chi connectivity index (χ1n) is 7.40. The first kappa shape index (κ1) is 14.4. The summed E-state index contributed by atoms with van der Waals surface area (Å²) >= 11 is 0. The minimum Gasteiger partial charge on any atom is -0.497 e. The lowest BCUT2D eigenvalue weighted by molar-refractivity contribution is 0.200. The zero-order chi connectivity index (χ0) is 13.9. The Bertz CT molecular complexity index is 386. The Morgan fingerprint density at radius 1 is 1.16 bits per heavy atom. The summed E-state index contributed by atoms with van der Waals surface area (Å²) in [6, 6.07) is 9.48. The molecular formula is C17H27NO. The summed E-state index contributed by atoms with van der Waals surface area (Å²) in [5.41, 5.74) is 1.88. The van der Waals surface area contributed by atoms with Crippen LogP contribution in [0.4, 0.5) is 0 Å². The van der Waals surface area contributed by atoms with Gasteiger partial charge in [-0.1, -0.05) is 26.0 Å². The lowest BCUT2D eigenvalue weighted by atomic mass is 9.75. The molecule has 0 unspecified atom stereocenters. The molecule has 1 aromatic carbocycles. The van der Waals surface area contributed by atoms with Gasteiger partial charge in [0.25, 0.3) is 0 Å². The summed E-state index contributed by atoms with van der Waals surface area (Å²) in [5.74, 6) is 0.926. The van der Waals surface area contributed by atoms with E-state index in [9.17, 15) is 0 Å². The van der Waals surface area contributed by atoms with Crippen LogP contribution in [-0.4, -0.2) is 13.2 Å². The van der Waals surface area contributed by atoms with E-state index in [1.807, 2.05) is 12.1 Å². The van der Waals surface area contributed by atoms with Crippen LogP contribution < -0.4 is 10.1 Å². The average molecular weight is 261 g/mol. The molecule has 1 atom stereocenters. The summed E-state index contributed by atoms with van der Waals surface area (Å²) in [6.45, 7) is 7.02. The highest BCUT2D eigenvalue weighted by molar-refractivity contribution is 5.28. The molecule has 0 spiro atoms. The molecule has 0 radical (unpaired) electrons. The maximum Gasteiger partial charge on any atom is 0.118 e. The monoisotopic (exact) mass is 261 g/mol. The van der Waals surface area contributed by atoms with Gasteiger partial charge in [0.15, 0.2) is 0 Å². The van der Waals surface area contributed by atoms with E-state index >= 15 is 0 Å². The SMILES string of the molecule is COc1ccc([C@H](C)NC2CCC(C)(C)CC2)cc1. The van der Waals surface area contributed by atoms with Gasteiger partial charge >= 0.3 is 0 Å². The predicted octanol–water partition coefficient (Wildman–Crippen LogP) is 4.31. The fourth-order valence-corrected chi connectivity index (χ4v) is 2.91. The molecule has 106 valence electrons. The van der Waals surface area contributed by atoms with Crippen LogP contribution in [-0.2, 0) is 0 Å². The van der Waals surface area contributed by atoms with Gasteiger partial charge in [0.1, 0.15) is 5.75 Å². The van der Waals surface area contributed by atoms with Crippen molar-refractivity contribution in [2.75, 3.05) is 7.11 Å². The van der Waals surface area contributed by atoms with E-state index in [0.29, 0.717) is 17.5 Å². The fourth-order valence-electron chi connectivity index (χ4n) is 2.91. The van der Waals surface area contributed by atoms with E-state index in [4.69, 9.17) is 4.74 Å². The van der Waals surface area contributed by atoms with Gasteiger partial charge in [-0.05, 0) is 55.7 Å². The van der Waals surface area contributed by atoms with E-state index in [1.165, 1.54) is 31.2 Å². The standard InChI is InChI=1S/C17H27NO/c1-13(14-5-7-16(19-4)8-6-14)18-15-9-11-17(2,3)12-10-15/h5-8,13,15,18H,9-12H2,1-4H3/t13-/m0/s1. The Morgan fingerprint density at radius 2 is 1.74 bits per heavy atom. The van der Waals surface area contributed by atoms with Crippen LogP contribution in [0, 0.1) is 5.41 Å². The van der Waals surface area contributed by atoms with Gasteiger partial charge in [0.05, 0.1) is 7.11 Å². The first-order chi connectivity index (χ1) is 9.00. The Labute approximate surface area is 117 Å². The second kappa shape index (κ2) is 5.96. The van der Waals surface area contributed by atoms with E-state index in [2.05, 4.69) is 38.2 Å². The number of hydrogen-bond donors (Lipinski definition) is 1. The lowest BCUT2D eigenvalue weighted by Gasteiger charge is -2.36. The molecule has 2 heteroatoms. The van der Waals surface area contributed by atoms with Crippen LogP contribution in [0.2, 0.25) is 0 Å². The topological polar surface area (TPSA) is 21.3 Å². The Morgan fingerprint density at radius 3 is 2.26 bits per heavy atom. The molecule has 1 fully saturated rings. The van der Waals surface area contributed by atoms with Crippen molar-refractivity contribution in [3.05, 3.63) is 29.8 Å². The molecule has 2 nitrogen and oxygen atoms in total. The maximum absolute atomic E-state index is 5.20. The van der Waals surface area contributed by atoms with Crippen molar-refractivity contribution in [3.8, 4) is 5.75 Å². The van der Waals surface area contributed by atoms with E-state index < -0.39 is 0 Å². The van der Waals surface area contributed by atoms with Crippen molar-refractivity contribution >= 4 is 0 Å². The van der Waals surface area contributed by atoms with Gasteiger partial charge in [-0.2, -0.15) is 0 Å². The van der Waals surface area contributed by atoms with Crippen LogP contribution in [0.25, 0.3) is 0 Å². The number of ether oxygens (including phenoxy) is 1. The van der Waals surface area contributed by atoms with E-state index in [-0.39, 0.29) is 0 Å². The normalized spacial score (nSPS) is 21.1. The van der Waals surface area contributed by atoms with Gasteiger partial charge in [-0.15, -0.1) is 0 Å². The van der Waals surface area contributed by atoms with Crippen molar-refractivity contribution in [2.45, 2.75) is 58.5 Å². The number of hydrogen-bond acceptors (Lipinski definition) is 2. The van der Waals surface area contributed by atoms with Gasteiger partial charge in [-0.25, -0.2) is 0 Å². The highest BCUT2D eigenvalue weighted by Gasteiger charge is 2.27. The van der Waals surface area contributed by atoms with Crippen molar-refractivity contribution in [2.24, 2.45) is 5.41 Å². The molecule has 0 saturated heterocycles. The Balaban J connectivity index is 1.88. The minimum absolute atomic E-state index is 0.414. The smallest absolute Gasteiger partial charge is 0.118 e. The molecule has 1 aliphatic carbocycles. The summed E-state index contributed by atoms with van der Waals surface area (Å²) in [4.78, 5) is 0. The van der Waals surface area contributed by atoms with Gasteiger partial charge in [0.2, 0.25) is 0 Å². The lowest BCUT2D eigenvalue weighted by Crippen LogP contribution is -2.36. The third kappa shape index (κ3) is 3.97. The van der Waals surface area contributed by atoms with Gasteiger partial charge < -0.3 is 10.1 Å². The third-order valence-corrected chi connectivity index (χ3v) is 4.44. The minimum atomic E-state index is 0.414. The van der Waals surface area contributed by atoms with E-state index in [0.717, 1.165) is 5.75 Å². The molecule has 1 saturated carbocycles. The summed E-state index contributed by atoms with van der Waals surface area (Å²) in [5, 5.41) is 3.77. The molecule has 0 bridgehead atoms. The van der Waals surface area contributed by atoms with Crippen molar-refractivity contribution < 1.29 is 4.74 Å². The highest BCUT2D eigenvalue weighted by atomic mass is 16.5. The number of methoxy groups -OCH3 is 1. The molecule has 1 aromatic rings. The van der Waals surface area contributed by atoms with Gasteiger partial charge in [0, 0.05) is 12.1 Å². The zero-order valence-corrected chi connectivity index (χ0v) is 12.7. The van der Waals surface area contributed by atoms with Gasteiger partial charge in [-0.3, -0.25) is 0 Å². The molecule has 0 heterocycles. The molecule has 2 rings (SSSR count). The first-order valence-corrected chi connectivity index (χ1v) is 7.40. The van der Waals surface area contributed by atoms with Crippen LogP contribution in [0.1, 0.15) is 58.1 Å². The zero-order valence-electron chi connectivity index (χ0n) is 12.7. The Hall–Kier alpha value is -1.02. The highest BCUT2D eigenvalue weighted by Crippen LogP contribution is 2.35. The second-order valence-electron chi connectivity index (χ2n) is 6.60. The summed E-state index contributed by atoms with van der Waals surface area (Å²) < 4.78 is 5.20. The molecule has 0 aliphatic heterocycles. The molecule has 0 amide bonds. The molecule has 19 heavy (non-hydrogen) atoms. The Kier molecular flexibility index (Phi) is 4.51.